The number of carbonyl (C=O) groups excluding carboxylic acids is 1. The molecular formula is C16H25ClN2O3. The Morgan fingerprint density at radius 1 is 1.32 bits per heavy atom. The smallest absolute Gasteiger partial charge is 0.237 e. The van der Waals surface area contributed by atoms with Crippen LogP contribution in [0, 0.1) is 0 Å². The number of aliphatic hydroxyl groups is 1. The molecule has 0 bridgehead atoms. The first-order chi connectivity index (χ1) is 9.95. The number of carbonyl (C=O) groups is 1. The maximum Gasteiger partial charge on any atom is 0.237 e. The molecule has 1 fully saturated rings. The molecule has 1 aliphatic heterocycles. The van der Waals surface area contributed by atoms with Crippen LogP contribution in [-0.2, 0) is 4.79 Å². The summed E-state index contributed by atoms with van der Waals surface area (Å²) in [6.07, 6.45) is 0.191. The van der Waals surface area contributed by atoms with Gasteiger partial charge in [0, 0.05) is 6.54 Å². The summed E-state index contributed by atoms with van der Waals surface area (Å²) in [4.78, 5) is 12.1. The topological polar surface area (TPSA) is 70.6 Å². The molecule has 0 aliphatic carbocycles. The number of amides is 1. The average Bonchev–Trinajstić information content (AvgIpc) is 2.85. The number of benzene rings is 1. The molecule has 1 aliphatic rings. The second-order valence-electron chi connectivity index (χ2n) is 5.82. The monoisotopic (exact) mass is 328 g/mol. The number of nitrogens with one attached hydrogen (secondary N) is 2. The molecule has 1 amide bonds. The van der Waals surface area contributed by atoms with Crippen LogP contribution < -0.4 is 15.4 Å². The van der Waals surface area contributed by atoms with Crippen molar-refractivity contribution < 1.29 is 14.6 Å². The van der Waals surface area contributed by atoms with E-state index in [4.69, 9.17) is 4.74 Å². The highest BCUT2D eigenvalue weighted by molar-refractivity contribution is 5.85. The van der Waals surface area contributed by atoms with Gasteiger partial charge in [0.25, 0.3) is 0 Å². The van der Waals surface area contributed by atoms with Gasteiger partial charge in [-0.15, -0.1) is 12.4 Å². The van der Waals surface area contributed by atoms with Crippen LogP contribution in [0.4, 0.5) is 0 Å². The summed E-state index contributed by atoms with van der Waals surface area (Å²) in [5.74, 6) is 0.759. The molecule has 5 nitrogen and oxygen atoms in total. The van der Waals surface area contributed by atoms with E-state index in [2.05, 4.69) is 10.6 Å². The lowest BCUT2D eigenvalue weighted by atomic mass is 10.1. The van der Waals surface area contributed by atoms with Crippen molar-refractivity contribution >= 4 is 18.3 Å². The van der Waals surface area contributed by atoms with Gasteiger partial charge in [0.05, 0.1) is 24.3 Å². The summed E-state index contributed by atoms with van der Waals surface area (Å²) in [6, 6.07) is 7.36. The van der Waals surface area contributed by atoms with E-state index in [-0.39, 0.29) is 36.5 Å². The molecule has 0 aromatic heterocycles. The van der Waals surface area contributed by atoms with Gasteiger partial charge in [-0.25, -0.2) is 0 Å². The van der Waals surface area contributed by atoms with E-state index in [1.54, 1.807) is 0 Å². The third-order valence-electron chi connectivity index (χ3n) is 3.53. The third kappa shape index (κ3) is 5.16. The summed E-state index contributed by atoms with van der Waals surface area (Å²) in [7, 11) is 0. The highest BCUT2D eigenvalue weighted by Gasteiger charge is 2.28. The lowest BCUT2D eigenvalue weighted by molar-refractivity contribution is -0.123. The minimum atomic E-state index is -0.427. The van der Waals surface area contributed by atoms with E-state index < -0.39 is 6.10 Å². The Hall–Kier alpha value is -1.30. The number of rotatable bonds is 5. The van der Waals surface area contributed by atoms with Crippen LogP contribution in [-0.4, -0.2) is 35.8 Å². The van der Waals surface area contributed by atoms with Crippen molar-refractivity contribution in [2.45, 2.75) is 51.5 Å². The van der Waals surface area contributed by atoms with Crippen LogP contribution in [0.5, 0.6) is 5.75 Å². The van der Waals surface area contributed by atoms with Gasteiger partial charge >= 0.3 is 0 Å². The van der Waals surface area contributed by atoms with Crippen LogP contribution in [0.2, 0.25) is 0 Å². The Morgan fingerprint density at radius 2 is 1.95 bits per heavy atom. The van der Waals surface area contributed by atoms with Gasteiger partial charge in [-0.3, -0.25) is 4.79 Å². The molecule has 3 N–H and O–H groups in total. The lowest BCUT2D eigenvalue weighted by Gasteiger charge is -2.18. The fourth-order valence-electron chi connectivity index (χ4n) is 2.42. The Morgan fingerprint density at radius 3 is 2.45 bits per heavy atom. The molecular weight excluding hydrogens is 304 g/mol. The highest BCUT2D eigenvalue weighted by Crippen LogP contribution is 2.19. The maximum absolute atomic E-state index is 12.1. The van der Waals surface area contributed by atoms with Crippen molar-refractivity contribution in [1.29, 1.82) is 0 Å². The lowest BCUT2D eigenvalue weighted by Crippen LogP contribution is -2.41. The number of aliphatic hydroxyl groups excluding tert-OH is 1. The zero-order chi connectivity index (χ0) is 15.4. The zero-order valence-electron chi connectivity index (χ0n) is 13.2. The second-order valence-corrected chi connectivity index (χ2v) is 5.82. The maximum atomic E-state index is 12.1. The molecule has 3 unspecified atom stereocenters. The largest absolute Gasteiger partial charge is 0.491 e. The van der Waals surface area contributed by atoms with Crippen molar-refractivity contribution in [3.05, 3.63) is 29.8 Å². The van der Waals surface area contributed by atoms with Crippen LogP contribution in [0.3, 0.4) is 0 Å². The van der Waals surface area contributed by atoms with Gasteiger partial charge in [-0.05, 0) is 44.9 Å². The van der Waals surface area contributed by atoms with Crippen LogP contribution in [0.15, 0.2) is 24.3 Å². The molecule has 1 aromatic rings. The minimum absolute atomic E-state index is 0. The predicted octanol–water partition coefficient (Wildman–Crippen LogP) is 1.80. The van der Waals surface area contributed by atoms with Gasteiger partial charge in [0.2, 0.25) is 5.91 Å². The van der Waals surface area contributed by atoms with E-state index in [1.165, 1.54) is 0 Å². The van der Waals surface area contributed by atoms with Crippen LogP contribution in [0.1, 0.15) is 38.8 Å². The van der Waals surface area contributed by atoms with E-state index in [1.807, 2.05) is 45.0 Å². The van der Waals surface area contributed by atoms with Gasteiger partial charge in [-0.2, -0.15) is 0 Å². The first-order valence-electron chi connectivity index (χ1n) is 7.44. The SMILES string of the molecule is CC(C)Oc1ccc(C(C)NC(=O)C2CC(O)CN2)cc1.Cl. The van der Waals surface area contributed by atoms with E-state index in [9.17, 15) is 9.90 Å². The van der Waals surface area contributed by atoms with Crippen molar-refractivity contribution in [2.75, 3.05) is 6.54 Å². The van der Waals surface area contributed by atoms with Gasteiger partial charge in [-0.1, -0.05) is 12.1 Å². The Bertz CT molecular complexity index is 479. The molecule has 3 atom stereocenters. The Labute approximate surface area is 137 Å². The molecule has 6 heteroatoms. The second kappa shape index (κ2) is 8.36. The first kappa shape index (κ1) is 18.7. The molecule has 2 rings (SSSR count). The fraction of sp³-hybridized carbons (Fsp3) is 0.562. The molecule has 124 valence electrons. The van der Waals surface area contributed by atoms with E-state index in [0.717, 1.165) is 11.3 Å². The third-order valence-corrected chi connectivity index (χ3v) is 3.53. The van der Waals surface area contributed by atoms with Crippen LogP contribution in [0.25, 0.3) is 0 Å². The minimum Gasteiger partial charge on any atom is -0.491 e. The van der Waals surface area contributed by atoms with E-state index in [0.29, 0.717) is 13.0 Å². The zero-order valence-corrected chi connectivity index (χ0v) is 14.0. The van der Waals surface area contributed by atoms with Crippen molar-refractivity contribution in [2.24, 2.45) is 0 Å². The van der Waals surface area contributed by atoms with Gasteiger partial charge in [0.15, 0.2) is 0 Å². The number of β-amino-alcohol motifs (C(OH)–C–C–N with tert-alkyl or cyclic N) is 1. The van der Waals surface area contributed by atoms with Gasteiger partial charge < -0.3 is 20.5 Å². The normalized spacial score (nSPS) is 22.0. The highest BCUT2D eigenvalue weighted by atomic mass is 35.5. The molecule has 0 spiro atoms. The number of hydrogen-bond acceptors (Lipinski definition) is 4. The summed E-state index contributed by atoms with van der Waals surface area (Å²) in [5, 5.41) is 15.4. The fourth-order valence-corrected chi connectivity index (χ4v) is 2.42. The standard InChI is InChI=1S/C16H24N2O3.ClH/c1-10(2)21-14-6-4-12(5-7-14)11(3)18-16(20)15-8-13(19)9-17-15;/h4-7,10-11,13,15,17,19H,8-9H2,1-3H3,(H,18,20);1H. The predicted molar refractivity (Wildman–Crippen MR) is 88.4 cm³/mol. The summed E-state index contributed by atoms with van der Waals surface area (Å²) >= 11 is 0. The van der Waals surface area contributed by atoms with Crippen molar-refractivity contribution in [3.8, 4) is 5.75 Å². The Balaban J connectivity index is 0.00000242. The Kier molecular flexibility index (Phi) is 7.13. The quantitative estimate of drug-likeness (QED) is 0.771. The number of hydrogen-bond donors (Lipinski definition) is 3. The summed E-state index contributed by atoms with van der Waals surface area (Å²) < 4.78 is 5.60. The summed E-state index contributed by atoms with van der Waals surface area (Å²) in [5.41, 5.74) is 1.03. The molecule has 1 saturated heterocycles. The molecule has 0 radical (unpaired) electrons. The van der Waals surface area contributed by atoms with Crippen LogP contribution >= 0.6 is 12.4 Å². The molecule has 1 heterocycles. The van der Waals surface area contributed by atoms with Gasteiger partial charge in [0.1, 0.15) is 5.75 Å². The van der Waals surface area contributed by atoms with Crippen molar-refractivity contribution in [1.82, 2.24) is 10.6 Å². The number of ether oxygens (including phenoxy) is 1. The summed E-state index contributed by atoms with van der Waals surface area (Å²) in [6.45, 7) is 6.40. The van der Waals surface area contributed by atoms with Crippen molar-refractivity contribution in [3.63, 3.8) is 0 Å². The number of halogens is 1. The molecule has 0 saturated carbocycles. The molecule has 1 aromatic carbocycles. The van der Waals surface area contributed by atoms with E-state index >= 15 is 0 Å². The first-order valence-corrected chi connectivity index (χ1v) is 7.44. The average molecular weight is 329 g/mol. The molecule has 22 heavy (non-hydrogen) atoms.